The van der Waals surface area contributed by atoms with E-state index >= 15 is 0 Å². The van der Waals surface area contributed by atoms with Gasteiger partial charge in [-0.2, -0.15) is 0 Å². The Bertz CT molecular complexity index is 512. The van der Waals surface area contributed by atoms with Gasteiger partial charge in [0.15, 0.2) is 0 Å². The minimum absolute atomic E-state index is 0.352. The number of likely N-dealkylation sites (N-methyl/N-ethyl adjacent to an activating group) is 1. The zero-order chi connectivity index (χ0) is 13.0. The van der Waals surface area contributed by atoms with Gasteiger partial charge < -0.3 is 5.32 Å². The molecule has 0 bridgehead atoms. The van der Waals surface area contributed by atoms with E-state index in [2.05, 4.69) is 45.7 Å². The number of nitrogens with one attached hydrogen (secondary N) is 1. The van der Waals surface area contributed by atoms with E-state index in [4.69, 9.17) is 11.6 Å². The van der Waals surface area contributed by atoms with Crippen LogP contribution in [0.25, 0.3) is 0 Å². The monoisotopic (exact) mass is 343 g/mol. The predicted octanol–water partition coefficient (Wildman–Crippen LogP) is 5.06. The highest BCUT2D eigenvalue weighted by atomic mass is 79.9. The molecule has 0 amide bonds. The fourth-order valence-electron chi connectivity index (χ4n) is 1.93. The van der Waals surface area contributed by atoms with Crippen LogP contribution in [0.4, 0.5) is 0 Å². The average molecular weight is 345 g/mol. The number of benzene rings is 1. The van der Waals surface area contributed by atoms with Crippen LogP contribution in [0.2, 0.25) is 5.02 Å². The molecule has 1 heterocycles. The summed E-state index contributed by atoms with van der Waals surface area (Å²) in [5, 5.41) is 6.45. The molecule has 1 N–H and O–H groups in total. The Balaban J connectivity index is 2.16. The van der Waals surface area contributed by atoms with Crippen LogP contribution in [0.15, 0.2) is 40.2 Å². The lowest BCUT2D eigenvalue weighted by molar-refractivity contribution is 0.558. The average Bonchev–Trinajstić information content (AvgIpc) is 2.75. The maximum Gasteiger partial charge on any atom is 0.0456 e. The molecule has 4 heteroatoms. The molecule has 0 aliphatic carbocycles. The first kappa shape index (κ1) is 14.1. The summed E-state index contributed by atoms with van der Waals surface area (Å²) in [5.41, 5.74) is 1.26. The van der Waals surface area contributed by atoms with Crippen molar-refractivity contribution >= 4 is 38.9 Å². The van der Waals surface area contributed by atoms with E-state index in [1.165, 1.54) is 10.4 Å². The van der Waals surface area contributed by atoms with Crippen molar-refractivity contribution < 1.29 is 0 Å². The molecule has 0 radical (unpaired) electrons. The second-order valence-electron chi connectivity index (χ2n) is 4.11. The highest BCUT2D eigenvalue weighted by molar-refractivity contribution is 9.10. The highest BCUT2D eigenvalue weighted by Crippen LogP contribution is 2.28. The number of thiophene rings is 1. The van der Waals surface area contributed by atoms with E-state index in [9.17, 15) is 0 Å². The van der Waals surface area contributed by atoms with Crippen LogP contribution in [-0.4, -0.2) is 6.54 Å². The Labute approximate surface area is 125 Å². The van der Waals surface area contributed by atoms with E-state index in [0.717, 1.165) is 22.5 Å². The fourth-order valence-corrected chi connectivity index (χ4v) is 3.66. The van der Waals surface area contributed by atoms with E-state index in [0.29, 0.717) is 6.04 Å². The summed E-state index contributed by atoms with van der Waals surface area (Å²) >= 11 is 11.3. The highest BCUT2D eigenvalue weighted by Gasteiger charge is 2.13. The van der Waals surface area contributed by atoms with Crippen LogP contribution < -0.4 is 5.32 Å². The summed E-state index contributed by atoms with van der Waals surface area (Å²) in [6, 6.07) is 10.6. The van der Waals surface area contributed by atoms with Crippen LogP contribution in [0.5, 0.6) is 0 Å². The number of hydrogen-bond acceptors (Lipinski definition) is 2. The Morgan fingerprint density at radius 3 is 2.83 bits per heavy atom. The van der Waals surface area contributed by atoms with Crippen molar-refractivity contribution in [2.24, 2.45) is 0 Å². The van der Waals surface area contributed by atoms with Crippen molar-refractivity contribution in [1.82, 2.24) is 5.32 Å². The third-order valence-corrected chi connectivity index (χ3v) is 4.75. The molecule has 1 nitrogen and oxygen atoms in total. The standard InChI is InChI=1S/C14H15BrClNS/c1-2-17-13(14-8-11(15)9-18-14)7-10-4-3-5-12(16)6-10/h3-6,8-9,13,17H,2,7H2,1H3. The SMILES string of the molecule is CCNC(Cc1cccc(Cl)c1)c1cc(Br)cs1. The summed E-state index contributed by atoms with van der Waals surface area (Å²) in [5.74, 6) is 0. The van der Waals surface area contributed by atoms with E-state index < -0.39 is 0 Å². The summed E-state index contributed by atoms with van der Waals surface area (Å²) in [6.45, 7) is 3.09. The number of rotatable bonds is 5. The molecule has 96 valence electrons. The van der Waals surface area contributed by atoms with Crippen LogP contribution >= 0.6 is 38.9 Å². The molecule has 0 fully saturated rings. The fraction of sp³-hybridized carbons (Fsp3) is 0.286. The van der Waals surface area contributed by atoms with Crippen LogP contribution in [0, 0.1) is 0 Å². The van der Waals surface area contributed by atoms with Gasteiger partial charge in [0.05, 0.1) is 0 Å². The van der Waals surface area contributed by atoms with Crippen molar-refractivity contribution in [1.29, 1.82) is 0 Å². The predicted molar refractivity (Wildman–Crippen MR) is 83.6 cm³/mol. The number of hydrogen-bond donors (Lipinski definition) is 1. The van der Waals surface area contributed by atoms with Crippen molar-refractivity contribution in [3.63, 3.8) is 0 Å². The Hall–Kier alpha value is -0.350. The van der Waals surface area contributed by atoms with Crippen molar-refractivity contribution in [3.8, 4) is 0 Å². The van der Waals surface area contributed by atoms with Crippen LogP contribution in [-0.2, 0) is 6.42 Å². The minimum Gasteiger partial charge on any atom is -0.309 e. The first-order valence-electron chi connectivity index (χ1n) is 5.90. The van der Waals surface area contributed by atoms with Gasteiger partial charge in [0.1, 0.15) is 0 Å². The van der Waals surface area contributed by atoms with Crippen LogP contribution in [0.3, 0.4) is 0 Å². The van der Waals surface area contributed by atoms with Gasteiger partial charge in [-0.1, -0.05) is 30.7 Å². The third-order valence-electron chi connectivity index (χ3n) is 2.71. The van der Waals surface area contributed by atoms with Gasteiger partial charge in [0.25, 0.3) is 0 Å². The van der Waals surface area contributed by atoms with Gasteiger partial charge in [0, 0.05) is 25.8 Å². The first-order chi connectivity index (χ1) is 8.69. The Morgan fingerprint density at radius 2 is 2.22 bits per heavy atom. The van der Waals surface area contributed by atoms with Crippen LogP contribution in [0.1, 0.15) is 23.4 Å². The summed E-state index contributed by atoms with van der Waals surface area (Å²) in [7, 11) is 0. The zero-order valence-corrected chi connectivity index (χ0v) is 13.3. The van der Waals surface area contributed by atoms with Crippen molar-refractivity contribution in [2.45, 2.75) is 19.4 Å². The largest absolute Gasteiger partial charge is 0.309 e. The maximum atomic E-state index is 6.03. The minimum atomic E-state index is 0.352. The van der Waals surface area contributed by atoms with Crippen molar-refractivity contribution in [2.75, 3.05) is 6.54 Å². The third kappa shape index (κ3) is 3.82. The molecule has 0 saturated carbocycles. The van der Waals surface area contributed by atoms with E-state index in [1.807, 2.05) is 18.2 Å². The van der Waals surface area contributed by atoms with Gasteiger partial charge in [-0.3, -0.25) is 0 Å². The molecular weight excluding hydrogens is 330 g/mol. The van der Waals surface area contributed by atoms with E-state index in [-0.39, 0.29) is 0 Å². The second-order valence-corrected chi connectivity index (χ2v) is 6.41. The van der Waals surface area contributed by atoms with Gasteiger partial charge in [-0.05, 0) is 52.7 Å². The van der Waals surface area contributed by atoms with Gasteiger partial charge >= 0.3 is 0 Å². The molecule has 2 rings (SSSR count). The summed E-state index contributed by atoms with van der Waals surface area (Å²) in [6.07, 6.45) is 0.960. The lowest BCUT2D eigenvalue weighted by Crippen LogP contribution is -2.22. The quantitative estimate of drug-likeness (QED) is 0.799. The molecule has 0 saturated heterocycles. The molecule has 1 unspecified atom stereocenters. The molecular formula is C14H15BrClNS. The normalized spacial score (nSPS) is 12.6. The summed E-state index contributed by atoms with van der Waals surface area (Å²) in [4.78, 5) is 1.35. The molecule has 0 spiro atoms. The topological polar surface area (TPSA) is 12.0 Å². The van der Waals surface area contributed by atoms with Gasteiger partial charge in [-0.25, -0.2) is 0 Å². The zero-order valence-electron chi connectivity index (χ0n) is 10.1. The molecule has 18 heavy (non-hydrogen) atoms. The lowest BCUT2D eigenvalue weighted by atomic mass is 10.0. The maximum absolute atomic E-state index is 6.03. The van der Waals surface area contributed by atoms with E-state index in [1.54, 1.807) is 11.3 Å². The molecule has 0 aliphatic heterocycles. The lowest BCUT2D eigenvalue weighted by Gasteiger charge is -2.16. The first-order valence-corrected chi connectivity index (χ1v) is 7.96. The Kier molecular flexibility index (Phi) is 5.25. The smallest absolute Gasteiger partial charge is 0.0456 e. The van der Waals surface area contributed by atoms with Gasteiger partial charge in [0.2, 0.25) is 0 Å². The Morgan fingerprint density at radius 1 is 1.39 bits per heavy atom. The van der Waals surface area contributed by atoms with Crippen molar-refractivity contribution in [3.05, 3.63) is 55.6 Å². The number of halogens is 2. The summed E-state index contributed by atoms with van der Waals surface area (Å²) < 4.78 is 1.15. The molecule has 2 aromatic rings. The van der Waals surface area contributed by atoms with Gasteiger partial charge in [-0.15, -0.1) is 11.3 Å². The molecule has 1 aromatic heterocycles. The molecule has 1 atom stereocenters. The second kappa shape index (κ2) is 6.71. The molecule has 1 aromatic carbocycles. The molecule has 0 aliphatic rings.